The molecule has 116 valence electrons. The Morgan fingerprint density at radius 1 is 1.36 bits per heavy atom. The van der Waals surface area contributed by atoms with Crippen LogP contribution in [0.1, 0.15) is 18.4 Å². The van der Waals surface area contributed by atoms with Crippen LogP contribution in [0.25, 0.3) is 10.8 Å². The number of rotatable bonds is 4. The summed E-state index contributed by atoms with van der Waals surface area (Å²) in [7, 11) is 1.77. The minimum Gasteiger partial charge on any atom is -0.480 e. The molecular formula is C17H21N3O2. The van der Waals surface area contributed by atoms with Crippen molar-refractivity contribution in [2.45, 2.75) is 19.8 Å². The van der Waals surface area contributed by atoms with Crippen molar-refractivity contribution in [3.8, 4) is 0 Å². The third-order valence-electron chi connectivity index (χ3n) is 4.26. The van der Waals surface area contributed by atoms with Gasteiger partial charge in [0.2, 0.25) is 0 Å². The summed E-state index contributed by atoms with van der Waals surface area (Å²) in [5.74, 6) is -0.127. The van der Waals surface area contributed by atoms with Gasteiger partial charge in [-0.2, -0.15) is 0 Å². The second-order valence-electron chi connectivity index (χ2n) is 5.91. The lowest BCUT2D eigenvalue weighted by molar-refractivity contribution is -0.135. The molecule has 1 aromatic heterocycles. The standard InChI is InChI=1S/C17H21N3O2/c1-12-6-5-7-13-16(12)14(20-8-3-4-9-20)10-18-17(13)19(2)11-15(21)22/h5-7,10H,3-4,8-9,11H2,1-2H3,(H,21,22). The Morgan fingerprint density at radius 3 is 2.77 bits per heavy atom. The van der Waals surface area contributed by atoms with Gasteiger partial charge < -0.3 is 14.9 Å². The maximum absolute atomic E-state index is 11.0. The number of anilines is 2. The zero-order chi connectivity index (χ0) is 15.7. The maximum Gasteiger partial charge on any atom is 0.323 e. The molecule has 5 heteroatoms. The molecule has 0 aliphatic carbocycles. The topological polar surface area (TPSA) is 56.7 Å². The van der Waals surface area contributed by atoms with Crippen molar-refractivity contribution in [1.82, 2.24) is 4.98 Å². The Kier molecular flexibility index (Phi) is 3.88. The molecule has 1 saturated heterocycles. The molecule has 1 aliphatic heterocycles. The van der Waals surface area contributed by atoms with Crippen LogP contribution in [0.5, 0.6) is 0 Å². The molecule has 1 N–H and O–H groups in total. The Morgan fingerprint density at radius 2 is 2.09 bits per heavy atom. The number of hydrogen-bond acceptors (Lipinski definition) is 4. The molecule has 0 saturated carbocycles. The van der Waals surface area contributed by atoms with Crippen LogP contribution in [0.2, 0.25) is 0 Å². The van der Waals surface area contributed by atoms with E-state index in [0.717, 1.165) is 30.0 Å². The van der Waals surface area contributed by atoms with Crippen molar-refractivity contribution in [3.05, 3.63) is 30.0 Å². The SMILES string of the molecule is Cc1cccc2c(N(C)CC(=O)O)ncc(N3CCCC3)c12. The molecule has 0 amide bonds. The summed E-state index contributed by atoms with van der Waals surface area (Å²) in [4.78, 5) is 19.6. The number of aromatic nitrogens is 1. The normalized spacial score (nSPS) is 14.5. The number of nitrogens with zero attached hydrogens (tertiary/aromatic N) is 3. The summed E-state index contributed by atoms with van der Waals surface area (Å²) < 4.78 is 0. The number of likely N-dealkylation sites (N-methyl/N-ethyl adjacent to an activating group) is 1. The van der Waals surface area contributed by atoms with Crippen LogP contribution in [0.4, 0.5) is 11.5 Å². The minimum atomic E-state index is -0.853. The van der Waals surface area contributed by atoms with Crippen LogP contribution >= 0.6 is 0 Å². The Hall–Kier alpha value is -2.30. The summed E-state index contributed by atoms with van der Waals surface area (Å²) in [6.07, 6.45) is 4.33. The van der Waals surface area contributed by atoms with Crippen LogP contribution in [-0.4, -0.2) is 42.7 Å². The second kappa shape index (κ2) is 5.83. The summed E-state index contributed by atoms with van der Waals surface area (Å²) in [6.45, 7) is 4.17. The van der Waals surface area contributed by atoms with Gasteiger partial charge in [-0.25, -0.2) is 4.98 Å². The van der Waals surface area contributed by atoms with E-state index in [9.17, 15) is 4.79 Å². The molecule has 3 rings (SSSR count). The van der Waals surface area contributed by atoms with Gasteiger partial charge in [-0.1, -0.05) is 18.2 Å². The number of carbonyl (C=O) groups is 1. The predicted octanol–water partition coefficient (Wildman–Crippen LogP) is 2.66. The Bertz CT molecular complexity index is 708. The Balaban J connectivity index is 2.15. The monoisotopic (exact) mass is 299 g/mol. The minimum absolute atomic E-state index is 0.0564. The fourth-order valence-electron chi connectivity index (χ4n) is 3.23. The summed E-state index contributed by atoms with van der Waals surface area (Å²) in [5, 5.41) is 11.2. The summed E-state index contributed by atoms with van der Waals surface area (Å²) in [5.41, 5.74) is 2.37. The van der Waals surface area contributed by atoms with Crippen molar-refractivity contribution >= 4 is 28.2 Å². The van der Waals surface area contributed by atoms with Crippen LogP contribution < -0.4 is 9.80 Å². The largest absolute Gasteiger partial charge is 0.480 e. The molecule has 1 aliphatic rings. The maximum atomic E-state index is 11.0. The number of benzene rings is 1. The smallest absolute Gasteiger partial charge is 0.323 e. The molecule has 5 nitrogen and oxygen atoms in total. The zero-order valence-corrected chi connectivity index (χ0v) is 13.0. The first-order valence-electron chi connectivity index (χ1n) is 7.64. The highest BCUT2D eigenvalue weighted by Gasteiger charge is 2.19. The van der Waals surface area contributed by atoms with Crippen LogP contribution in [-0.2, 0) is 4.79 Å². The fourth-order valence-corrected chi connectivity index (χ4v) is 3.23. The number of carboxylic acids is 1. The molecule has 1 fully saturated rings. The van der Waals surface area contributed by atoms with E-state index in [4.69, 9.17) is 5.11 Å². The van der Waals surface area contributed by atoms with Gasteiger partial charge in [0, 0.05) is 30.9 Å². The molecule has 0 radical (unpaired) electrons. The number of fused-ring (bicyclic) bond motifs is 1. The third-order valence-corrected chi connectivity index (χ3v) is 4.26. The lowest BCUT2D eigenvalue weighted by Gasteiger charge is -2.24. The zero-order valence-electron chi connectivity index (χ0n) is 13.0. The predicted molar refractivity (Wildman–Crippen MR) is 88.8 cm³/mol. The van der Waals surface area contributed by atoms with Gasteiger partial charge in [-0.15, -0.1) is 0 Å². The molecular weight excluding hydrogens is 278 g/mol. The van der Waals surface area contributed by atoms with E-state index in [1.165, 1.54) is 23.8 Å². The quantitative estimate of drug-likeness (QED) is 0.940. The van der Waals surface area contributed by atoms with Crippen molar-refractivity contribution in [2.24, 2.45) is 0 Å². The molecule has 0 bridgehead atoms. The molecule has 0 spiro atoms. The summed E-state index contributed by atoms with van der Waals surface area (Å²) in [6, 6.07) is 6.14. The Labute approximate surface area is 130 Å². The molecule has 22 heavy (non-hydrogen) atoms. The number of carboxylic acid groups (broad SMARTS) is 1. The van der Waals surface area contributed by atoms with Gasteiger partial charge in [0.25, 0.3) is 0 Å². The number of hydrogen-bond donors (Lipinski definition) is 1. The molecule has 2 aromatic rings. The molecule has 2 heterocycles. The average molecular weight is 299 g/mol. The number of aryl methyl sites for hydroxylation is 1. The average Bonchev–Trinajstić information content (AvgIpc) is 2.99. The molecule has 0 unspecified atom stereocenters. The highest BCUT2D eigenvalue weighted by Crippen LogP contribution is 2.35. The molecule has 1 aromatic carbocycles. The first kappa shape index (κ1) is 14.6. The van der Waals surface area contributed by atoms with Gasteiger partial charge in [-0.05, 0) is 25.3 Å². The lowest BCUT2D eigenvalue weighted by Crippen LogP contribution is -2.26. The first-order chi connectivity index (χ1) is 10.6. The van der Waals surface area contributed by atoms with E-state index in [-0.39, 0.29) is 6.54 Å². The van der Waals surface area contributed by atoms with Gasteiger partial charge in [0.1, 0.15) is 12.4 Å². The first-order valence-corrected chi connectivity index (χ1v) is 7.64. The van der Waals surface area contributed by atoms with Crippen LogP contribution in [0, 0.1) is 6.92 Å². The van der Waals surface area contributed by atoms with Gasteiger partial charge in [0.05, 0.1) is 11.9 Å². The van der Waals surface area contributed by atoms with Gasteiger partial charge in [-0.3, -0.25) is 4.79 Å². The summed E-state index contributed by atoms with van der Waals surface area (Å²) >= 11 is 0. The van der Waals surface area contributed by atoms with Crippen LogP contribution in [0.15, 0.2) is 24.4 Å². The van der Waals surface area contributed by atoms with Crippen LogP contribution in [0.3, 0.4) is 0 Å². The van der Waals surface area contributed by atoms with E-state index in [1.54, 1.807) is 11.9 Å². The fraction of sp³-hybridized carbons (Fsp3) is 0.412. The second-order valence-corrected chi connectivity index (χ2v) is 5.91. The van der Waals surface area contributed by atoms with Crippen molar-refractivity contribution < 1.29 is 9.90 Å². The van der Waals surface area contributed by atoms with Crippen molar-refractivity contribution in [1.29, 1.82) is 0 Å². The lowest BCUT2D eigenvalue weighted by atomic mass is 10.0. The molecule has 0 atom stereocenters. The van der Waals surface area contributed by atoms with Gasteiger partial charge >= 0.3 is 5.97 Å². The van der Waals surface area contributed by atoms with E-state index in [2.05, 4.69) is 22.9 Å². The third kappa shape index (κ3) is 2.58. The highest BCUT2D eigenvalue weighted by atomic mass is 16.4. The van der Waals surface area contributed by atoms with E-state index in [0.29, 0.717) is 0 Å². The highest BCUT2D eigenvalue weighted by molar-refractivity contribution is 6.03. The van der Waals surface area contributed by atoms with Gasteiger partial charge in [0.15, 0.2) is 0 Å². The van der Waals surface area contributed by atoms with E-state index in [1.807, 2.05) is 18.3 Å². The van der Waals surface area contributed by atoms with Crippen molar-refractivity contribution in [2.75, 3.05) is 36.5 Å². The van der Waals surface area contributed by atoms with E-state index >= 15 is 0 Å². The number of pyridine rings is 1. The van der Waals surface area contributed by atoms with Crippen molar-refractivity contribution in [3.63, 3.8) is 0 Å². The number of aliphatic carboxylic acids is 1. The van der Waals surface area contributed by atoms with E-state index < -0.39 is 5.97 Å².